The highest BCUT2D eigenvalue weighted by Gasteiger charge is 2.25. The van der Waals surface area contributed by atoms with E-state index in [0.29, 0.717) is 18.8 Å². The third kappa shape index (κ3) is 3.24. The number of carbonyl (C=O) groups is 1. The Hall–Kier alpha value is -1.88. The Labute approximate surface area is 124 Å². The lowest BCUT2D eigenvalue weighted by molar-refractivity contribution is -0.130. The van der Waals surface area contributed by atoms with Crippen molar-refractivity contribution in [1.82, 2.24) is 14.9 Å². The summed E-state index contributed by atoms with van der Waals surface area (Å²) in [6.07, 6.45) is 2.22. The van der Waals surface area contributed by atoms with E-state index in [1.54, 1.807) is 7.11 Å². The molecule has 1 aromatic carbocycles. The van der Waals surface area contributed by atoms with Crippen LogP contribution in [-0.2, 0) is 16.0 Å². The highest BCUT2D eigenvalue weighted by atomic mass is 16.5. The van der Waals surface area contributed by atoms with Crippen molar-refractivity contribution in [2.75, 3.05) is 26.8 Å². The number of nitrogens with one attached hydrogen (secondary N) is 1. The van der Waals surface area contributed by atoms with Crippen LogP contribution in [-0.4, -0.2) is 47.6 Å². The van der Waals surface area contributed by atoms with Crippen molar-refractivity contribution in [3.05, 3.63) is 30.1 Å². The van der Waals surface area contributed by atoms with Crippen LogP contribution in [0.2, 0.25) is 0 Å². The van der Waals surface area contributed by atoms with Gasteiger partial charge in [-0.3, -0.25) is 4.79 Å². The zero-order valence-electron chi connectivity index (χ0n) is 12.3. The van der Waals surface area contributed by atoms with Gasteiger partial charge in [0, 0.05) is 39.0 Å². The summed E-state index contributed by atoms with van der Waals surface area (Å²) in [4.78, 5) is 22.0. The van der Waals surface area contributed by atoms with E-state index in [1.165, 1.54) is 0 Å². The molecule has 112 valence electrons. The number of H-pyrrole nitrogens is 1. The topological polar surface area (TPSA) is 58.2 Å². The molecular weight excluding hydrogens is 266 g/mol. The first-order valence-corrected chi connectivity index (χ1v) is 7.46. The number of amides is 1. The molecule has 0 radical (unpaired) electrons. The third-order valence-corrected chi connectivity index (χ3v) is 4.06. The monoisotopic (exact) mass is 287 g/mol. The second kappa shape index (κ2) is 6.26. The lowest BCUT2D eigenvalue weighted by Crippen LogP contribution is -2.29. The van der Waals surface area contributed by atoms with Crippen molar-refractivity contribution in [3.8, 4) is 0 Å². The van der Waals surface area contributed by atoms with Crippen LogP contribution in [0.15, 0.2) is 24.3 Å². The van der Waals surface area contributed by atoms with Crippen LogP contribution in [0, 0.1) is 5.92 Å². The van der Waals surface area contributed by atoms with Gasteiger partial charge in [-0.15, -0.1) is 0 Å². The summed E-state index contributed by atoms with van der Waals surface area (Å²) >= 11 is 0. The number of fused-ring (bicyclic) bond motifs is 1. The number of para-hydroxylation sites is 2. The van der Waals surface area contributed by atoms with Gasteiger partial charge in [0.05, 0.1) is 17.6 Å². The number of aromatic amines is 1. The lowest BCUT2D eigenvalue weighted by atomic mass is 10.1. The number of rotatable bonds is 5. The van der Waals surface area contributed by atoms with Crippen LogP contribution < -0.4 is 0 Å². The number of hydrogen-bond donors (Lipinski definition) is 1. The predicted octanol–water partition coefficient (Wildman–Crippen LogP) is 1.99. The maximum atomic E-state index is 12.2. The quantitative estimate of drug-likeness (QED) is 0.915. The summed E-state index contributed by atoms with van der Waals surface area (Å²) in [7, 11) is 1.71. The van der Waals surface area contributed by atoms with Gasteiger partial charge in [-0.1, -0.05) is 12.1 Å². The van der Waals surface area contributed by atoms with E-state index in [1.807, 2.05) is 29.2 Å². The van der Waals surface area contributed by atoms with Crippen molar-refractivity contribution in [1.29, 1.82) is 0 Å². The van der Waals surface area contributed by atoms with Crippen molar-refractivity contribution in [2.45, 2.75) is 19.3 Å². The number of benzene rings is 1. The molecule has 2 aromatic rings. The lowest BCUT2D eigenvalue weighted by Gasteiger charge is -2.16. The van der Waals surface area contributed by atoms with Crippen molar-refractivity contribution < 1.29 is 9.53 Å². The number of imidazole rings is 1. The zero-order valence-corrected chi connectivity index (χ0v) is 12.3. The van der Waals surface area contributed by atoms with E-state index in [-0.39, 0.29) is 5.91 Å². The minimum absolute atomic E-state index is 0.217. The van der Waals surface area contributed by atoms with E-state index in [4.69, 9.17) is 4.74 Å². The predicted molar refractivity (Wildman–Crippen MR) is 81.0 cm³/mol. The molecule has 21 heavy (non-hydrogen) atoms. The van der Waals surface area contributed by atoms with Crippen molar-refractivity contribution in [2.24, 2.45) is 5.92 Å². The van der Waals surface area contributed by atoms with Gasteiger partial charge in [0.1, 0.15) is 5.82 Å². The standard InChI is InChI=1S/C16H21N3O2/c1-21-11-12-8-9-19(10-12)16(20)7-6-15-17-13-4-2-3-5-14(13)18-15/h2-5,12H,6-11H2,1H3,(H,17,18). The second-order valence-electron chi connectivity index (χ2n) is 5.65. The van der Waals surface area contributed by atoms with E-state index < -0.39 is 0 Å². The number of carbonyl (C=O) groups excluding carboxylic acids is 1. The van der Waals surface area contributed by atoms with Gasteiger partial charge in [-0.05, 0) is 18.6 Å². The normalized spacial score (nSPS) is 18.5. The maximum absolute atomic E-state index is 12.2. The Morgan fingerprint density at radius 1 is 1.48 bits per heavy atom. The number of nitrogens with zero attached hydrogens (tertiary/aromatic N) is 2. The molecule has 5 nitrogen and oxygen atoms in total. The van der Waals surface area contributed by atoms with E-state index in [0.717, 1.165) is 43.0 Å². The Morgan fingerprint density at radius 3 is 3.14 bits per heavy atom. The summed E-state index contributed by atoms with van der Waals surface area (Å²) in [6.45, 7) is 2.42. The van der Waals surface area contributed by atoms with Crippen LogP contribution in [0.1, 0.15) is 18.7 Å². The molecule has 1 aliphatic heterocycles. The van der Waals surface area contributed by atoms with Crippen LogP contribution in [0.4, 0.5) is 0 Å². The number of likely N-dealkylation sites (tertiary alicyclic amines) is 1. The van der Waals surface area contributed by atoms with Gasteiger partial charge in [0.15, 0.2) is 0 Å². The van der Waals surface area contributed by atoms with Crippen LogP contribution in [0.3, 0.4) is 0 Å². The smallest absolute Gasteiger partial charge is 0.223 e. The highest BCUT2D eigenvalue weighted by Crippen LogP contribution is 2.18. The Morgan fingerprint density at radius 2 is 2.33 bits per heavy atom. The number of aromatic nitrogens is 2. The molecule has 0 spiro atoms. The molecule has 1 N–H and O–H groups in total. The highest BCUT2D eigenvalue weighted by molar-refractivity contribution is 5.77. The van der Waals surface area contributed by atoms with Gasteiger partial charge in [0.25, 0.3) is 0 Å². The minimum Gasteiger partial charge on any atom is -0.384 e. The van der Waals surface area contributed by atoms with Gasteiger partial charge >= 0.3 is 0 Å². The number of ether oxygens (including phenoxy) is 1. The average Bonchev–Trinajstić information content (AvgIpc) is 3.11. The first-order chi connectivity index (χ1) is 10.3. The second-order valence-corrected chi connectivity index (χ2v) is 5.65. The zero-order chi connectivity index (χ0) is 14.7. The number of aryl methyl sites for hydroxylation is 1. The van der Waals surface area contributed by atoms with E-state index in [2.05, 4.69) is 9.97 Å². The summed E-state index contributed by atoms with van der Waals surface area (Å²) in [5.74, 6) is 1.59. The fraction of sp³-hybridized carbons (Fsp3) is 0.500. The molecule has 3 rings (SSSR count). The fourth-order valence-corrected chi connectivity index (χ4v) is 2.94. The molecular formula is C16H21N3O2. The Bertz CT molecular complexity index is 590. The molecule has 0 aliphatic carbocycles. The minimum atomic E-state index is 0.217. The maximum Gasteiger partial charge on any atom is 0.223 e. The molecule has 0 bridgehead atoms. The summed E-state index contributed by atoms with van der Waals surface area (Å²) in [6, 6.07) is 7.93. The molecule has 1 aliphatic rings. The molecule has 1 saturated heterocycles. The Kier molecular flexibility index (Phi) is 4.20. The Balaban J connectivity index is 1.54. The first kappa shape index (κ1) is 14.1. The van der Waals surface area contributed by atoms with Gasteiger partial charge in [-0.25, -0.2) is 4.98 Å². The van der Waals surface area contributed by atoms with Crippen molar-refractivity contribution >= 4 is 16.9 Å². The molecule has 5 heteroatoms. The largest absolute Gasteiger partial charge is 0.384 e. The molecule has 1 amide bonds. The number of hydrogen-bond acceptors (Lipinski definition) is 3. The molecule has 1 aromatic heterocycles. The van der Waals surface area contributed by atoms with Crippen molar-refractivity contribution in [3.63, 3.8) is 0 Å². The summed E-state index contributed by atoms with van der Waals surface area (Å²) in [5.41, 5.74) is 1.99. The molecule has 0 saturated carbocycles. The summed E-state index contributed by atoms with van der Waals surface area (Å²) in [5, 5.41) is 0. The van der Waals surface area contributed by atoms with Crippen LogP contribution in [0.25, 0.3) is 11.0 Å². The fourth-order valence-electron chi connectivity index (χ4n) is 2.94. The third-order valence-electron chi connectivity index (χ3n) is 4.06. The molecule has 1 atom stereocenters. The van der Waals surface area contributed by atoms with Gasteiger partial charge < -0.3 is 14.6 Å². The molecule has 1 unspecified atom stereocenters. The molecule has 1 fully saturated rings. The van der Waals surface area contributed by atoms with Crippen LogP contribution >= 0.6 is 0 Å². The SMILES string of the molecule is COCC1CCN(C(=O)CCc2nc3ccccc3[nH]2)C1. The summed E-state index contributed by atoms with van der Waals surface area (Å²) < 4.78 is 5.16. The van der Waals surface area contributed by atoms with Crippen LogP contribution in [0.5, 0.6) is 0 Å². The first-order valence-electron chi connectivity index (χ1n) is 7.46. The number of methoxy groups -OCH3 is 1. The van der Waals surface area contributed by atoms with Gasteiger partial charge in [-0.2, -0.15) is 0 Å². The van der Waals surface area contributed by atoms with E-state index in [9.17, 15) is 4.79 Å². The van der Waals surface area contributed by atoms with E-state index >= 15 is 0 Å². The molecule has 2 heterocycles. The average molecular weight is 287 g/mol. The van der Waals surface area contributed by atoms with Gasteiger partial charge in [0.2, 0.25) is 5.91 Å².